The summed E-state index contributed by atoms with van der Waals surface area (Å²) in [6, 6.07) is 5.93. The number of hydrogen-bond donors (Lipinski definition) is 2. The van der Waals surface area contributed by atoms with Gasteiger partial charge in [0.2, 0.25) is 0 Å². The van der Waals surface area contributed by atoms with Gasteiger partial charge in [0.15, 0.2) is 0 Å². The lowest BCUT2D eigenvalue weighted by Gasteiger charge is -1.99. The van der Waals surface area contributed by atoms with E-state index < -0.39 is 0 Å². The van der Waals surface area contributed by atoms with Crippen LogP contribution < -0.4 is 0 Å². The Labute approximate surface area is 93.9 Å². The van der Waals surface area contributed by atoms with Gasteiger partial charge in [-0.3, -0.25) is 0 Å². The Bertz CT molecular complexity index is 450. The molecule has 0 aliphatic rings. The molecule has 13 heavy (non-hydrogen) atoms. The van der Waals surface area contributed by atoms with Crippen molar-refractivity contribution in [3.05, 3.63) is 27.5 Å². The van der Waals surface area contributed by atoms with Crippen molar-refractivity contribution in [3.63, 3.8) is 0 Å². The van der Waals surface area contributed by atoms with E-state index >= 15 is 0 Å². The van der Waals surface area contributed by atoms with Gasteiger partial charge in [-0.05, 0) is 45.1 Å². The average molecular weight is 275 g/mol. The third kappa shape index (κ3) is 1.76. The monoisotopic (exact) mass is 274 g/mol. The number of rotatable bonds is 1. The van der Waals surface area contributed by atoms with Gasteiger partial charge in [0.25, 0.3) is 0 Å². The van der Waals surface area contributed by atoms with Crippen LogP contribution in [0.15, 0.2) is 26.9 Å². The fourth-order valence-corrected chi connectivity index (χ4v) is 3.29. The van der Waals surface area contributed by atoms with Crippen LogP contribution in [0, 0.1) is 0 Å². The van der Waals surface area contributed by atoms with E-state index in [0.717, 1.165) is 24.3 Å². The number of thiophene rings is 1. The molecule has 0 spiro atoms. The van der Waals surface area contributed by atoms with Crippen molar-refractivity contribution in [2.75, 3.05) is 0 Å². The first-order valence-electron chi connectivity index (χ1n) is 3.72. The lowest BCUT2D eigenvalue weighted by atomic mass is 10.1. The molecule has 1 aromatic heterocycles. The van der Waals surface area contributed by atoms with Crippen LogP contribution in [0.1, 0.15) is 5.56 Å². The molecule has 1 nitrogen and oxygen atoms in total. The van der Waals surface area contributed by atoms with Crippen LogP contribution >= 0.6 is 39.9 Å². The highest BCUT2D eigenvalue weighted by Crippen LogP contribution is 2.33. The van der Waals surface area contributed by atoms with Crippen molar-refractivity contribution >= 4 is 50.0 Å². The summed E-state index contributed by atoms with van der Waals surface area (Å²) in [5.74, 6) is 0. The summed E-state index contributed by atoms with van der Waals surface area (Å²) in [5.41, 5.74) is 0.935. The lowest BCUT2D eigenvalue weighted by molar-refractivity contribution is 0.283. The first kappa shape index (κ1) is 9.52. The minimum absolute atomic E-state index is 0.0636. The van der Waals surface area contributed by atoms with Crippen molar-refractivity contribution < 1.29 is 5.11 Å². The summed E-state index contributed by atoms with van der Waals surface area (Å²) in [6.07, 6.45) is 0. The molecule has 0 aliphatic carbocycles. The summed E-state index contributed by atoms with van der Waals surface area (Å²) in [4.78, 5) is 0.894. The molecule has 0 fully saturated rings. The Balaban J connectivity index is 2.80. The Hall–Kier alpha value is -0.0300. The molecule has 2 aromatic rings. The van der Waals surface area contributed by atoms with Crippen LogP contribution in [0.5, 0.6) is 0 Å². The topological polar surface area (TPSA) is 20.2 Å². The SMILES string of the molecule is OCc1cc(S)cc2sc(Br)cc12. The van der Waals surface area contributed by atoms with E-state index in [1.165, 1.54) is 0 Å². The van der Waals surface area contributed by atoms with Crippen LogP contribution in [0.2, 0.25) is 0 Å². The van der Waals surface area contributed by atoms with E-state index in [9.17, 15) is 0 Å². The lowest BCUT2D eigenvalue weighted by Crippen LogP contribution is -1.83. The van der Waals surface area contributed by atoms with Crippen molar-refractivity contribution in [2.45, 2.75) is 11.5 Å². The number of aliphatic hydroxyl groups is 1. The summed E-state index contributed by atoms with van der Waals surface area (Å²) in [5, 5.41) is 10.2. The molecule has 2 rings (SSSR count). The first-order chi connectivity index (χ1) is 6.20. The zero-order chi connectivity index (χ0) is 9.42. The van der Waals surface area contributed by atoms with E-state index in [-0.39, 0.29) is 6.61 Å². The number of aliphatic hydroxyl groups excluding tert-OH is 1. The number of halogens is 1. The van der Waals surface area contributed by atoms with Gasteiger partial charge in [0.05, 0.1) is 10.4 Å². The molecule has 0 saturated carbocycles. The maximum atomic E-state index is 9.12. The molecule has 0 aliphatic heterocycles. The van der Waals surface area contributed by atoms with Crippen LogP contribution in [0.4, 0.5) is 0 Å². The minimum atomic E-state index is 0.0636. The molecule has 4 heteroatoms. The van der Waals surface area contributed by atoms with E-state index in [1.54, 1.807) is 11.3 Å². The van der Waals surface area contributed by atoms with Crippen LogP contribution in [-0.2, 0) is 6.61 Å². The van der Waals surface area contributed by atoms with Gasteiger partial charge in [-0.25, -0.2) is 0 Å². The number of hydrogen-bond acceptors (Lipinski definition) is 3. The highest BCUT2D eigenvalue weighted by Gasteiger charge is 2.05. The van der Waals surface area contributed by atoms with Gasteiger partial charge in [0, 0.05) is 9.60 Å². The highest BCUT2D eigenvalue weighted by atomic mass is 79.9. The summed E-state index contributed by atoms with van der Waals surface area (Å²) >= 11 is 9.35. The standard InChI is InChI=1S/C9H7BrOS2/c10-9-3-7-5(4-11)1-6(12)2-8(7)13-9/h1-3,11-12H,4H2. The molecule has 0 radical (unpaired) electrons. The van der Waals surface area contributed by atoms with Gasteiger partial charge < -0.3 is 5.11 Å². The van der Waals surface area contributed by atoms with Crippen molar-refractivity contribution in [3.8, 4) is 0 Å². The third-order valence-electron chi connectivity index (χ3n) is 1.85. The molecule has 68 valence electrons. The number of fused-ring (bicyclic) bond motifs is 1. The van der Waals surface area contributed by atoms with E-state index in [0.29, 0.717) is 0 Å². The quantitative estimate of drug-likeness (QED) is 0.764. The Morgan fingerprint density at radius 3 is 2.85 bits per heavy atom. The van der Waals surface area contributed by atoms with Gasteiger partial charge in [0.1, 0.15) is 0 Å². The second kappa shape index (κ2) is 3.61. The molecule has 0 saturated heterocycles. The molecule has 0 atom stereocenters. The van der Waals surface area contributed by atoms with Gasteiger partial charge in [-0.2, -0.15) is 0 Å². The average Bonchev–Trinajstić information content (AvgIpc) is 2.43. The Morgan fingerprint density at radius 2 is 2.15 bits per heavy atom. The van der Waals surface area contributed by atoms with Crippen LogP contribution in [0.25, 0.3) is 10.1 Å². The van der Waals surface area contributed by atoms with Gasteiger partial charge in [-0.15, -0.1) is 24.0 Å². The van der Waals surface area contributed by atoms with E-state index in [4.69, 9.17) is 5.11 Å². The number of benzene rings is 1. The number of thiol groups is 1. The third-order valence-corrected chi connectivity index (χ3v) is 3.69. The van der Waals surface area contributed by atoms with Gasteiger partial charge >= 0.3 is 0 Å². The van der Waals surface area contributed by atoms with Crippen molar-refractivity contribution in [1.29, 1.82) is 0 Å². The molecule has 0 amide bonds. The molecular weight excluding hydrogens is 268 g/mol. The van der Waals surface area contributed by atoms with Crippen molar-refractivity contribution in [1.82, 2.24) is 0 Å². The van der Waals surface area contributed by atoms with Gasteiger partial charge in [-0.1, -0.05) is 0 Å². The highest BCUT2D eigenvalue weighted by molar-refractivity contribution is 9.11. The van der Waals surface area contributed by atoms with Crippen LogP contribution in [0.3, 0.4) is 0 Å². The molecule has 0 unspecified atom stereocenters. The second-order valence-corrected chi connectivity index (χ2v) is 5.70. The zero-order valence-electron chi connectivity index (χ0n) is 6.62. The summed E-state index contributed by atoms with van der Waals surface area (Å²) in [7, 11) is 0. The first-order valence-corrected chi connectivity index (χ1v) is 5.78. The molecule has 1 N–H and O–H groups in total. The van der Waals surface area contributed by atoms with E-state index in [2.05, 4.69) is 28.6 Å². The van der Waals surface area contributed by atoms with Crippen LogP contribution in [-0.4, -0.2) is 5.11 Å². The van der Waals surface area contributed by atoms with Crippen molar-refractivity contribution in [2.24, 2.45) is 0 Å². The summed E-state index contributed by atoms with van der Waals surface area (Å²) < 4.78 is 2.24. The smallest absolute Gasteiger partial charge is 0.0711 e. The summed E-state index contributed by atoms with van der Waals surface area (Å²) in [6.45, 7) is 0.0636. The molecule has 0 bridgehead atoms. The Kier molecular flexibility index (Phi) is 2.65. The molecular formula is C9H7BrOS2. The normalized spacial score (nSPS) is 11.0. The molecule has 1 aromatic carbocycles. The predicted octanol–water partition coefficient (Wildman–Crippen LogP) is 3.44. The zero-order valence-corrected chi connectivity index (χ0v) is 9.92. The minimum Gasteiger partial charge on any atom is -0.392 e. The maximum Gasteiger partial charge on any atom is 0.0711 e. The maximum absolute atomic E-state index is 9.12. The Morgan fingerprint density at radius 1 is 1.38 bits per heavy atom. The molecule has 1 heterocycles. The largest absolute Gasteiger partial charge is 0.392 e. The fraction of sp³-hybridized carbons (Fsp3) is 0.111. The fourth-order valence-electron chi connectivity index (χ4n) is 1.30. The van der Waals surface area contributed by atoms with E-state index in [1.807, 2.05) is 18.2 Å². The second-order valence-electron chi connectivity index (χ2n) is 2.73. The predicted molar refractivity (Wildman–Crippen MR) is 62.7 cm³/mol.